The van der Waals surface area contributed by atoms with Crippen molar-refractivity contribution in [3.63, 3.8) is 0 Å². The summed E-state index contributed by atoms with van der Waals surface area (Å²) in [5, 5.41) is 0. The summed E-state index contributed by atoms with van der Waals surface area (Å²) >= 11 is 0. The van der Waals surface area contributed by atoms with E-state index in [1.165, 1.54) is 23.2 Å². The molecule has 0 amide bonds. The van der Waals surface area contributed by atoms with Crippen LogP contribution in [0.15, 0.2) is 18.2 Å². The van der Waals surface area contributed by atoms with Crippen molar-refractivity contribution in [1.82, 2.24) is 0 Å². The highest BCUT2D eigenvalue weighted by Gasteiger charge is 2.29. The molecule has 2 N–H and O–H groups in total. The number of nitrogens with zero attached hydrogens (tertiary/aromatic N) is 1. The average molecular weight is 232 g/mol. The van der Waals surface area contributed by atoms with Crippen molar-refractivity contribution in [3.8, 4) is 0 Å². The third-order valence-corrected chi connectivity index (χ3v) is 3.73. The summed E-state index contributed by atoms with van der Waals surface area (Å²) in [5.74, 6) is 0.677. The maximum atomic E-state index is 5.64. The molecule has 0 saturated heterocycles. The number of nitrogens with two attached hydrogens (primary N) is 1. The molecule has 0 aliphatic carbocycles. The zero-order chi connectivity index (χ0) is 12.4. The lowest BCUT2D eigenvalue weighted by molar-refractivity contribution is 0.588. The molecule has 0 aromatic heterocycles. The molecule has 1 aromatic rings. The van der Waals surface area contributed by atoms with E-state index >= 15 is 0 Å². The van der Waals surface area contributed by atoms with Gasteiger partial charge in [-0.05, 0) is 51.8 Å². The van der Waals surface area contributed by atoms with Gasteiger partial charge in [0, 0.05) is 24.2 Å². The molecule has 1 heterocycles. The number of anilines is 1. The maximum Gasteiger partial charge on any atom is 0.0404 e. The molecule has 0 radical (unpaired) electrons. The minimum Gasteiger partial charge on any atom is -0.368 e. The first-order chi connectivity index (χ1) is 8.13. The van der Waals surface area contributed by atoms with Gasteiger partial charge in [-0.15, -0.1) is 0 Å². The quantitative estimate of drug-likeness (QED) is 0.864. The molecule has 1 atom stereocenters. The standard InChI is InChI=1S/C15H24N2/c1-11(2)17-10-13(5-4-8-16)14-9-12(3)6-7-15(14)17/h6-7,9,11,13H,4-5,8,10,16H2,1-3H3. The van der Waals surface area contributed by atoms with Crippen LogP contribution in [0.4, 0.5) is 5.69 Å². The summed E-state index contributed by atoms with van der Waals surface area (Å²) in [6.07, 6.45) is 2.35. The predicted molar refractivity (Wildman–Crippen MR) is 74.7 cm³/mol. The summed E-state index contributed by atoms with van der Waals surface area (Å²) in [6.45, 7) is 8.69. The topological polar surface area (TPSA) is 29.3 Å². The van der Waals surface area contributed by atoms with Crippen molar-refractivity contribution < 1.29 is 0 Å². The van der Waals surface area contributed by atoms with Crippen molar-refractivity contribution in [2.45, 2.75) is 45.6 Å². The highest BCUT2D eigenvalue weighted by atomic mass is 15.2. The fourth-order valence-electron chi connectivity index (χ4n) is 2.80. The van der Waals surface area contributed by atoms with Gasteiger partial charge in [0.15, 0.2) is 0 Å². The zero-order valence-corrected chi connectivity index (χ0v) is 11.2. The van der Waals surface area contributed by atoms with E-state index in [0.717, 1.165) is 19.5 Å². The summed E-state index contributed by atoms with van der Waals surface area (Å²) in [7, 11) is 0. The smallest absolute Gasteiger partial charge is 0.0404 e. The van der Waals surface area contributed by atoms with Crippen LogP contribution in [0.1, 0.15) is 43.7 Å². The predicted octanol–water partition coefficient (Wildman–Crippen LogP) is 3.05. The van der Waals surface area contributed by atoms with Gasteiger partial charge in [0.05, 0.1) is 0 Å². The molecule has 0 bridgehead atoms. The lowest BCUT2D eigenvalue weighted by atomic mass is 9.95. The second-order valence-electron chi connectivity index (χ2n) is 5.44. The van der Waals surface area contributed by atoms with Crippen LogP contribution in [0.3, 0.4) is 0 Å². The highest BCUT2D eigenvalue weighted by molar-refractivity contribution is 5.61. The van der Waals surface area contributed by atoms with Crippen molar-refractivity contribution in [1.29, 1.82) is 0 Å². The summed E-state index contributed by atoms with van der Waals surface area (Å²) in [6, 6.07) is 7.45. The van der Waals surface area contributed by atoms with Crippen LogP contribution < -0.4 is 10.6 Å². The van der Waals surface area contributed by atoms with Gasteiger partial charge >= 0.3 is 0 Å². The molecular formula is C15H24N2. The first-order valence-electron chi connectivity index (χ1n) is 6.70. The molecule has 0 spiro atoms. The minimum absolute atomic E-state index is 0.583. The fraction of sp³-hybridized carbons (Fsp3) is 0.600. The Kier molecular flexibility index (Phi) is 3.72. The number of benzene rings is 1. The number of aryl methyl sites for hydroxylation is 1. The molecule has 94 valence electrons. The van der Waals surface area contributed by atoms with Gasteiger partial charge < -0.3 is 10.6 Å². The Morgan fingerprint density at radius 1 is 1.41 bits per heavy atom. The lowest BCUT2D eigenvalue weighted by Gasteiger charge is -2.24. The van der Waals surface area contributed by atoms with E-state index in [4.69, 9.17) is 5.73 Å². The third kappa shape index (κ3) is 2.47. The van der Waals surface area contributed by atoms with Crippen LogP contribution in [0.2, 0.25) is 0 Å². The third-order valence-electron chi connectivity index (χ3n) is 3.73. The van der Waals surface area contributed by atoms with Crippen molar-refractivity contribution >= 4 is 5.69 Å². The number of fused-ring (bicyclic) bond motifs is 1. The molecule has 1 aliphatic rings. The van der Waals surface area contributed by atoms with E-state index in [-0.39, 0.29) is 0 Å². The minimum atomic E-state index is 0.583. The second-order valence-corrected chi connectivity index (χ2v) is 5.44. The van der Waals surface area contributed by atoms with E-state index in [0.29, 0.717) is 12.0 Å². The van der Waals surface area contributed by atoms with Crippen LogP contribution in [-0.4, -0.2) is 19.1 Å². The molecule has 1 aliphatic heterocycles. The van der Waals surface area contributed by atoms with E-state index in [9.17, 15) is 0 Å². The van der Waals surface area contributed by atoms with Crippen molar-refractivity contribution in [3.05, 3.63) is 29.3 Å². The number of rotatable bonds is 4. The van der Waals surface area contributed by atoms with Gasteiger partial charge in [0.1, 0.15) is 0 Å². The molecule has 0 fully saturated rings. The van der Waals surface area contributed by atoms with Gasteiger partial charge in [-0.1, -0.05) is 17.7 Å². The lowest BCUT2D eigenvalue weighted by Crippen LogP contribution is -2.29. The first kappa shape index (κ1) is 12.4. The number of hydrogen-bond acceptors (Lipinski definition) is 2. The monoisotopic (exact) mass is 232 g/mol. The fourth-order valence-corrected chi connectivity index (χ4v) is 2.80. The van der Waals surface area contributed by atoms with Crippen molar-refractivity contribution in [2.24, 2.45) is 5.73 Å². The normalized spacial score (nSPS) is 18.9. The first-order valence-corrected chi connectivity index (χ1v) is 6.70. The Labute approximate surface area is 105 Å². The molecule has 1 aromatic carbocycles. The van der Waals surface area contributed by atoms with Gasteiger partial charge in [-0.2, -0.15) is 0 Å². The second kappa shape index (κ2) is 5.09. The van der Waals surface area contributed by atoms with Crippen LogP contribution >= 0.6 is 0 Å². The van der Waals surface area contributed by atoms with E-state index in [1.807, 2.05) is 0 Å². The maximum absolute atomic E-state index is 5.64. The van der Waals surface area contributed by atoms with Crippen LogP contribution in [-0.2, 0) is 0 Å². The van der Waals surface area contributed by atoms with E-state index < -0.39 is 0 Å². The summed E-state index contributed by atoms with van der Waals surface area (Å²) in [5.41, 5.74) is 9.98. The SMILES string of the molecule is Cc1ccc2c(c1)C(CCCN)CN2C(C)C. The molecule has 1 unspecified atom stereocenters. The largest absolute Gasteiger partial charge is 0.368 e. The summed E-state index contributed by atoms with van der Waals surface area (Å²) in [4.78, 5) is 2.52. The van der Waals surface area contributed by atoms with Crippen LogP contribution in [0.5, 0.6) is 0 Å². The Balaban J connectivity index is 2.27. The highest BCUT2D eigenvalue weighted by Crippen LogP contribution is 2.40. The molecule has 2 heteroatoms. The number of hydrogen-bond donors (Lipinski definition) is 1. The van der Waals surface area contributed by atoms with Gasteiger partial charge in [-0.25, -0.2) is 0 Å². The van der Waals surface area contributed by atoms with Crippen LogP contribution in [0, 0.1) is 6.92 Å². The Morgan fingerprint density at radius 2 is 2.18 bits per heavy atom. The van der Waals surface area contributed by atoms with E-state index in [2.05, 4.69) is 43.9 Å². The molecule has 2 rings (SSSR count). The van der Waals surface area contributed by atoms with Gasteiger partial charge in [0.2, 0.25) is 0 Å². The molecular weight excluding hydrogens is 208 g/mol. The van der Waals surface area contributed by atoms with Gasteiger partial charge in [0.25, 0.3) is 0 Å². The van der Waals surface area contributed by atoms with E-state index in [1.54, 1.807) is 0 Å². The molecule has 0 saturated carbocycles. The Morgan fingerprint density at radius 3 is 2.82 bits per heavy atom. The van der Waals surface area contributed by atoms with Crippen LogP contribution in [0.25, 0.3) is 0 Å². The molecule has 17 heavy (non-hydrogen) atoms. The summed E-state index contributed by atoms with van der Waals surface area (Å²) < 4.78 is 0. The van der Waals surface area contributed by atoms with Crippen molar-refractivity contribution in [2.75, 3.05) is 18.0 Å². The Bertz CT molecular complexity index is 385. The van der Waals surface area contributed by atoms with Gasteiger partial charge in [-0.3, -0.25) is 0 Å². The zero-order valence-electron chi connectivity index (χ0n) is 11.2. The Hall–Kier alpha value is -1.02. The average Bonchev–Trinajstić information content (AvgIpc) is 2.64. The molecule has 2 nitrogen and oxygen atoms in total.